The van der Waals surface area contributed by atoms with Crippen molar-refractivity contribution in [2.75, 3.05) is 13.2 Å². The number of rotatable bonds is 3. The second kappa shape index (κ2) is 5.22. The van der Waals surface area contributed by atoms with Crippen LogP contribution in [0, 0.1) is 10.6 Å². The summed E-state index contributed by atoms with van der Waals surface area (Å²) in [5.41, 5.74) is 2.00. The van der Waals surface area contributed by atoms with Crippen LogP contribution >= 0.6 is 12.2 Å². The second-order valence-electron chi connectivity index (χ2n) is 4.92. The van der Waals surface area contributed by atoms with Crippen LogP contribution < -0.4 is 0 Å². The van der Waals surface area contributed by atoms with E-state index >= 15 is 0 Å². The molecule has 1 fully saturated rings. The number of ether oxygens (including phenoxy) is 1. The molecule has 1 atom stereocenters. The highest BCUT2D eigenvalue weighted by Crippen LogP contribution is 2.19. The van der Waals surface area contributed by atoms with Gasteiger partial charge < -0.3 is 9.72 Å². The molecule has 3 rings (SSSR count). The van der Waals surface area contributed by atoms with E-state index in [-0.39, 0.29) is 0 Å². The van der Waals surface area contributed by atoms with Crippen molar-refractivity contribution in [1.82, 2.24) is 19.7 Å². The summed E-state index contributed by atoms with van der Waals surface area (Å²) in [6, 6.07) is 1.88. The topological polar surface area (TPSA) is 55.7 Å². The first-order valence-electron chi connectivity index (χ1n) is 6.38. The summed E-state index contributed by atoms with van der Waals surface area (Å²) < 4.78 is 7.79. The van der Waals surface area contributed by atoms with Gasteiger partial charge in [-0.3, -0.25) is 4.68 Å². The monoisotopic (exact) mass is 276 g/mol. The van der Waals surface area contributed by atoms with Gasteiger partial charge >= 0.3 is 0 Å². The van der Waals surface area contributed by atoms with Crippen LogP contribution in [0.1, 0.15) is 12.2 Å². The van der Waals surface area contributed by atoms with Crippen LogP contribution in [0.4, 0.5) is 0 Å². The molecule has 100 valence electrons. The Hall–Kier alpha value is -1.53. The molecule has 19 heavy (non-hydrogen) atoms. The smallest absolute Gasteiger partial charge is 0.130 e. The van der Waals surface area contributed by atoms with Crippen LogP contribution in [0.15, 0.2) is 18.5 Å². The third-order valence-electron chi connectivity index (χ3n) is 3.31. The fraction of sp³-hybridized carbons (Fsp3) is 0.462. The van der Waals surface area contributed by atoms with Crippen molar-refractivity contribution >= 4 is 12.2 Å². The van der Waals surface area contributed by atoms with Crippen LogP contribution in [-0.2, 0) is 18.2 Å². The van der Waals surface area contributed by atoms with Gasteiger partial charge in [0.05, 0.1) is 11.9 Å². The Labute approximate surface area is 116 Å². The molecular weight excluding hydrogens is 260 g/mol. The quantitative estimate of drug-likeness (QED) is 0.872. The molecule has 0 radical (unpaired) electrons. The van der Waals surface area contributed by atoms with Crippen molar-refractivity contribution in [3.8, 4) is 11.3 Å². The van der Waals surface area contributed by atoms with Crippen molar-refractivity contribution in [1.29, 1.82) is 0 Å². The number of hydrogen-bond donors (Lipinski definition) is 1. The lowest BCUT2D eigenvalue weighted by Gasteiger charge is -2.08. The predicted molar refractivity (Wildman–Crippen MR) is 74.3 cm³/mol. The molecule has 0 aliphatic carbocycles. The van der Waals surface area contributed by atoms with E-state index in [9.17, 15) is 0 Å². The molecule has 0 aromatic carbocycles. The first-order chi connectivity index (χ1) is 9.20. The Balaban J connectivity index is 1.89. The van der Waals surface area contributed by atoms with Crippen molar-refractivity contribution in [2.45, 2.75) is 12.8 Å². The Morgan fingerprint density at radius 3 is 3.16 bits per heavy atom. The number of aromatic nitrogens is 4. The summed E-state index contributed by atoms with van der Waals surface area (Å²) >= 11 is 5.25. The van der Waals surface area contributed by atoms with E-state index < -0.39 is 0 Å². The molecule has 1 saturated heterocycles. The van der Waals surface area contributed by atoms with Crippen LogP contribution in [0.5, 0.6) is 0 Å². The van der Waals surface area contributed by atoms with Crippen LogP contribution in [0.2, 0.25) is 0 Å². The zero-order chi connectivity index (χ0) is 13.2. The maximum Gasteiger partial charge on any atom is 0.130 e. The average Bonchev–Trinajstić information content (AvgIpc) is 3.00. The number of aryl methyl sites for hydroxylation is 1. The molecule has 1 unspecified atom stereocenters. The van der Waals surface area contributed by atoms with Gasteiger partial charge in [-0.05, 0) is 18.4 Å². The number of H-pyrrole nitrogens is 1. The Bertz CT molecular complexity index is 628. The summed E-state index contributed by atoms with van der Waals surface area (Å²) in [5.74, 6) is 1.48. The summed E-state index contributed by atoms with van der Waals surface area (Å²) in [4.78, 5) is 7.76. The zero-order valence-corrected chi connectivity index (χ0v) is 11.6. The van der Waals surface area contributed by atoms with E-state index in [1.165, 1.54) is 0 Å². The Morgan fingerprint density at radius 2 is 2.47 bits per heavy atom. The van der Waals surface area contributed by atoms with Gasteiger partial charge in [0.15, 0.2) is 0 Å². The van der Waals surface area contributed by atoms with Crippen LogP contribution in [0.25, 0.3) is 11.3 Å². The van der Waals surface area contributed by atoms with Gasteiger partial charge in [0.25, 0.3) is 0 Å². The van der Waals surface area contributed by atoms with E-state index in [1.54, 1.807) is 4.68 Å². The normalized spacial score (nSPS) is 18.9. The van der Waals surface area contributed by atoms with Gasteiger partial charge in [0, 0.05) is 38.4 Å². The Morgan fingerprint density at radius 1 is 1.58 bits per heavy atom. The molecule has 0 amide bonds. The lowest BCUT2D eigenvalue weighted by Crippen LogP contribution is -2.07. The predicted octanol–water partition coefficient (Wildman–Crippen LogP) is 2.12. The lowest BCUT2D eigenvalue weighted by molar-refractivity contribution is 0.185. The standard InChI is InChI=1S/C13H16N4OS/c1-17-7-10(6-14-17)11-5-13(19)16-12(15-11)4-9-2-3-18-8-9/h5-7,9H,2-4,8H2,1H3,(H,15,16,19). The molecule has 1 N–H and O–H groups in total. The molecule has 0 spiro atoms. The molecular formula is C13H16N4OS. The third kappa shape index (κ3) is 2.90. The number of aromatic amines is 1. The van der Waals surface area contributed by atoms with Crippen LogP contribution in [0.3, 0.4) is 0 Å². The molecule has 1 aliphatic rings. The third-order valence-corrected chi connectivity index (χ3v) is 3.52. The summed E-state index contributed by atoms with van der Waals surface area (Å²) in [7, 11) is 1.90. The number of nitrogens with one attached hydrogen (secondary N) is 1. The van der Waals surface area contributed by atoms with Crippen LogP contribution in [-0.4, -0.2) is 33.0 Å². The molecule has 5 nitrogen and oxygen atoms in total. The first kappa shape index (κ1) is 12.5. The Kier molecular flexibility index (Phi) is 3.44. The minimum absolute atomic E-state index is 0.544. The zero-order valence-electron chi connectivity index (χ0n) is 10.8. The highest BCUT2D eigenvalue weighted by atomic mass is 32.1. The van der Waals surface area contributed by atoms with E-state index in [0.717, 1.165) is 43.1 Å². The molecule has 0 bridgehead atoms. The summed E-state index contributed by atoms with van der Waals surface area (Å²) in [6.45, 7) is 1.67. The fourth-order valence-corrected chi connectivity index (χ4v) is 2.57. The van der Waals surface area contributed by atoms with Crippen molar-refractivity contribution < 1.29 is 4.74 Å². The molecule has 0 saturated carbocycles. The molecule has 2 aromatic rings. The van der Waals surface area contributed by atoms with Crippen molar-refractivity contribution in [2.24, 2.45) is 13.0 Å². The fourth-order valence-electron chi connectivity index (χ4n) is 2.34. The van der Waals surface area contributed by atoms with Gasteiger partial charge in [-0.1, -0.05) is 12.2 Å². The molecule has 3 heterocycles. The lowest BCUT2D eigenvalue weighted by atomic mass is 10.0. The van der Waals surface area contributed by atoms with E-state index in [1.807, 2.05) is 25.5 Å². The SMILES string of the molecule is Cn1cc(-c2cc(=S)nc(CC3CCOC3)[nH]2)cn1. The minimum atomic E-state index is 0.544. The van der Waals surface area contributed by atoms with Gasteiger partial charge in [-0.2, -0.15) is 5.10 Å². The molecule has 1 aliphatic heterocycles. The maximum absolute atomic E-state index is 5.40. The summed E-state index contributed by atoms with van der Waals surface area (Å²) in [6.07, 6.45) is 5.77. The summed E-state index contributed by atoms with van der Waals surface area (Å²) in [5, 5.41) is 4.18. The second-order valence-corrected chi connectivity index (χ2v) is 5.33. The van der Waals surface area contributed by atoms with Crippen molar-refractivity contribution in [3.63, 3.8) is 0 Å². The van der Waals surface area contributed by atoms with Gasteiger partial charge in [-0.15, -0.1) is 0 Å². The largest absolute Gasteiger partial charge is 0.381 e. The molecule has 2 aromatic heterocycles. The maximum atomic E-state index is 5.40. The first-order valence-corrected chi connectivity index (χ1v) is 6.78. The average molecular weight is 276 g/mol. The van der Waals surface area contributed by atoms with Crippen molar-refractivity contribution in [3.05, 3.63) is 28.9 Å². The van der Waals surface area contributed by atoms with E-state index in [4.69, 9.17) is 17.0 Å². The van der Waals surface area contributed by atoms with Gasteiger partial charge in [-0.25, -0.2) is 4.98 Å². The highest BCUT2D eigenvalue weighted by molar-refractivity contribution is 7.71. The van der Waals surface area contributed by atoms with E-state index in [2.05, 4.69) is 15.1 Å². The van der Waals surface area contributed by atoms with Gasteiger partial charge in [0.2, 0.25) is 0 Å². The number of hydrogen-bond acceptors (Lipinski definition) is 4. The minimum Gasteiger partial charge on any atom is -0.381 e. The number of nitrogens with zero attached hydrogens (tertiary/aromatic N) is 3. The molecule has 6 heteroatoms. The highest BCUT2D eigenvalue weighted by Gasteiger charge is 2.17. The van der Waals surface area contributed by atoms with E-state index in [0.29, 0.717) is 10.6 Å². The van der Waals surface area contributed by atoms with Gasteiger partial charge in [0.1, 0.15) is 10.5 Å².